The highest BCUT2D eigenvalue weighted by Gasteiger charge is 2.40. The summed E-state index contributed by atoms with van der Waals surface area (Å²) in [6.07, 6.45) is 6.33. The van der Waals surface area contributed by atoms with Crippen molar-refractivity contribution in [3.8, 4) is 0 Å². The van der Waals surface area contributed by atoms with Gasteiger partial charge in [-0.1, -0.05) is 51.6 Å². The Kier molecular flexibility index (Phi) is 4.83. The summed E-state index contributed by atoms with van der Waals surface area (Å²) in [4.78, 5) is 0. The Morgan fingerprint density at radius 2 is 1.83 bits per heavy atom. The second-order valence-corrected chi connectivity index (χ2v) is 7.55. The molecule has 1 saturated carbocycles. The lowest BCUT2D eigenvalue weighted by Crippen LogP contribution is -2.21. The van der Waals surface area contributed by atoms with Gasteiger partial charge in [0.1, 0.15) is 0 Å². The summed E-state index contributed by atoms with van der Waals surface area (Å²) in [5.74, 6) is 0. The monoisotopic (exact) mass is 392 g/mol. The molecule has 1 atom stereocenters. The molecule has 0 N–H and O–H groups in total. The molecule has 18 heavy (non-hydrogen) atoms. The largest absolute Gasteiger partial charge is 0.117 e. The molecule has 1 aliphatic rings. The lowest BCUT2D eigenvalue weighted by atomic mass is 9.77. The Hall–Kier alpha value is 0.470. The maximum atomic E-state index is 6.85. The number of hydrogen-bond acceptors (Lipinski definition) is 0. The van der Waals surface area contributed by atoms with E-state index in [1.54, 1.807) is 0 Å². The van der Waals surface area contributed by atoms with Crippen LogP contribution in [0.5, 0.6) is 0 Å². The average molecular weight is 395 g/mol. The Morgan fingerprint density at radius 3 is 2.39 bits per heavy atom. The van der Waals surface area contributed by atoms with E-state index in [1.807, 2.05) is 0 Å². The predicted molar refractivity (Wildman–Crippen MR) is 86.4 cm³/mol. The third-order valence-corrected chi connectivity index (χ3v) is 6.63. The molecule has 0 saturated heterocycles. The van der Waals surface area contributed by atoms with Crippen LogP contribution in [-0.2, 0) is 0 Å². The minimum atomic E-state index is 0.108. The fourth-order valence-electron chi connectivity index (χ4n) is 3.05. The van der Waals surface area contributed by atoms with Gasteiger partial charge in [-0.3, -0.25) is 0 Å². The lowest BCUT2D eigenvalue weighted by Gasteiger charge is -2.34. The molecular formula is C15H19Br2Cl. The lowest BCUT2D eigenvalue weighted by molar-refractivity contribution is 0.270. The van der Waals surface area contributed by atoms with E-state index in [1.165, 1.54) is 43.2 Å². The Labute approximate surface area is 132 Å². The fourth-order valence-corrected chi connectivity index (χ4v) is 4.78. The molecule has 0 amide bonds. The fraction of sp³-hybridized carbons (Fsp3) is 0.600. The van der Waals surface area contributed by atoms with Gasteiger partial charge in [-0.15, -0.1) is 11.6 Å². The van der Waals surface area contributed by atoms with Crippen LogP contribution in [0.2, 0.25) is 0 Å². The summed E-state index contributed by atoms with van der Waals surface area (Å²) < 4.78 is 2.29. The van der Waals surface area contributed by atoms with E-state index in [0.717, 1.165) is 8.95 Å². The zero-order valence-electron chi connectivity index (χ0n) is 10.9. The SMILES string of the molecule is CCC1(C(Cl)c2cc(Br)c(C)cc2Br)CCCC1. The molecule has 1 unspecified atom stereocenters. The van der Waals surface area contributed by atoms with Crippen molar-refractivity contribution >= 4 is 43.5 Å². The van der Waals surface area contributed by atoms with Gasteiger partial charge in [0.25, 0.3) is 0 Å². The Morgan fingerprint density at radius 1 is 1.22 bits per heavy atom. The van der Waals surface area contributed by atoms with Crippen LogP contribution in [0.4, 0.5) is 0 Å². The third kappa shape index (κ3) is 2.66. The molecule has 3 heteroatoms. The van der Waals surface area contributed by atoms with E-state index in [0.29, 0.717) is 5.41 Å². The van der Waals surface area contributed by atoms with Crippen LogP contribution in [0.1, 0.15) is 55.5 Å². The quantitative estimate of drug-likeness (QED) is 0.496. The zero-order chi connectivity index (χ0) is 13.3. The van der Waals surface area contributed by atoms with Crippen molar-refractivity contribution in [1.82, 2.24) is 0 Å². The molecule has 1 aromatic rings. The van der Waals surface area contributed by atoms with Gasteiger partial charge in [0.2, 0.25) is 0 Å². The van der Waals surface area contributed by atoms with Crippen LogP contribution in [0, 0.1) is 12.3 Å². The van der Waals surface area contributed by atoms with Crippen LogP contribution in [-0.4, -0.2) is 0 Å². The summed E-state index contributed by atoms with van der Waals surface area (Å²) in [6.45, 7) is 4.38. The first-order valence-corrected chi connectivity index (χ1v) is 8.62. The number of rotatable bonds is 3. The molecule has 100 valence electrons. The predicted octanol–water partition coefficient (Wildman–Crippen LogP) is 6.77. The molecule has 0 bridgehead atoms. The van der Waals surface area contributed by atoms with Gasteiger partial charge in [-0.05, 0) is 54.9 Å². The number of aryl methyl sites for hydroxylation is 1. The topological polar surface area (TPSA) is 0 Å². The van der Waals surface area contributed by atoms with Gasteiger partial charge in [-0.25, -0.2) is 0 Å². The first-order chi connectivity index (χ1) is 8.50. The molecule has 2 rings (SSSR count). The maximum Gasteiger partial charge on any atom is 0.0652 e. The van der Waals surface area contributed by atoms with Crippen LogP contribution < -0.4 is 0 Å². The highest BCUT2D eigenvalue weighted by atomic mass is 79.9. The van der Waals surface area contributed by atoms with Crippen LogP contribution in [0.25, 0.3) is 0 Å². The van der Waals surface area contributed by atoms with Crippen molar-refractivity contribution < 1.29 is 0 Å². The summed E-state index contributed by atoms with van der Waals surface area (Å²) in [5.41, 5.74) is 2.77. The number of hydrogen-bond donors (Lipinski definition) is 0. The summed E-state index contributed by atoms with van der Waals surface area (Å²) in [6, 6.07) is 4.35. The number of alkyl halides is 1. The van der Waals surface area contributed by atoms with Crippen LogP contribution in [0.15, 0.2) is 21.1 Å². The minimum Gasteiger partial charge on any atom is -0.117 e. The van der Waals surface area contributed by atoms with Gasteiger partial charge >= 0.3 is 0 Å². The second-order valence-electron chi connectivity index (χ2n) is 5.41. The molecule has 0 aliphatic heterocycles. The van der Waals surface area contributed by atoms with Crippen molar-refractivity contribution in [2.24, 2.45) is 5.41 Å². The molecular weight excluding hydrogens is 375 g/mol. The summed E-state index contributed by atoms with van der Waals surface area (Å²) in [5, 5.41) is 0.108. The van der Waals surface area contributed by atoms with Gasteiger partial charge in [0, 0.05) is 8.95 Å². The standard InChI is InChI=1S/C15H19Br2Cl/c1-3-15(6-4-5-7-15)14(18)11-9-12(16)10(2)8-13(11)17/h8-9,14H,3-7H2,1-2H3. The van der Waals surface area contributed by atoms with Crippen molar-refractivity contribution in [3.63, 3.8) is 0 Å². The average Bonchev–Trinajstić information content (AvgIpc) is 2.83. The van der Waals surface area contributed by atoms with Crippen molar-refractivity contribution in [1.29, 1.82) is 0 Å². The molecule has 0 aromatic heterocycles. The van der Waals surface area contributed by atoms with Crippen molar-refractivity contribution in [3.05, 3.63) is 32.2 Å². The molecule has 0 heterocycles. The molecule has 0 radical (unpaired) electrons. The van der Waals surface area contributed by atoms with E-state index >= 15 is 0 Å². The van der Waals surface area contributed by atoms with E-state index < -0.39 is 0 Å². The Bertz CT molecular complexity index is 436. The van der Waals surface area contributed by atoms with Gasteiger partial charge < -0.3 is 0 Å². The highest BCUT2D eigenvalue weighted by Crippen LogP contribution is 2.54. The highest BCUT2D eigenvalue weighted by molar-refractivity contribution is 9.11. The van der Waals surface area contributed by atoms with Gasteiger partial charge in [0.15, 0.2) is 0 Å². The first-order valence-electron chi connectivity index (χ1n) is 6.60. The van der Waals surface area contributed by atoms with Crippen LogP contribution in [0.3, 0.4) is 0 Å². The van der Waals surface area contributed by atoms with E-state index in [4.69, 9.17) is 11.6 Å². The minimum absolute atomic E-state index is 0.108. The zero-order valence-corrected chi connectivity index (χ0v) is 14.8. The maximum absolute atomic E-state index is 6.85. The van der Waals surface area contributed by atoms with Gasteiger partial charge in [-0.2, -0.15) is 0 Å². The third-order valence-electron chi connectivity index (χ3n) is 4.39. The smallest absolute Gasteiger partial charge is 0.0652 e. The first kappa shape index (κ1) is 14.9. The van der Waals surface area contributed by atoms with Crippen LogP contribution >= 0.6 is 43.5 Å². The number of halogens is 3. The normalized spacial score (nSPS) is 20.1. The summed E-state index contributed by atoms with van der Waals surface area (Å²) >= 11 is 14.1. The van der Waals surface area contributed by atoms with E-state index in [2.05, 4.69) is 57.8 Å². The molecule has 0 spiro atoms. The molecule has 1 fully saturated rings. The van der Waals surface area contributed by atoms with Gasteiger partial charge in [0.05, 0.1) is 5.38 Å². The molecule has 0 nitrogen and oxygen atoms in total. The number of benzene rings is 1. The van der Waals surface area contributed by atoms with E-state index in [-0.39, 0.29) is 5.38 Å². The Balaban J connectivity index is 2.39. The van der Waals surface area contributed by atoms with Crippen molar-refractivity contribution in [2.75, 3.05) is 0 Å². The summed E-state index contributed by atoms with van der Waals surface area (Å²) in [7, 11) is 0. The van der Waals surface area contributed by atoms with Crippen molar-refractivity contribution in [2.45, 2.75) is 51.3 Å². The van der Waals surface area contributed by atoms with E-state index in [9.17, 15) is 0 Å². The molecule has 1 aliphatic carbocycles. The molecule has 1 aromatic carbocycles. The second kappa shape index (κ2) is 5.85.